The molecule has 4 aromatic rings. The molecule has 4 aliphatic rings. The van der Waals surface area contributed by atoms with Gasteiger partial charge in [0.15, 0.2) is 0 Å². The fourth-order valence-electron chi connectivity index (χ4n) is 9.56. The summed E-state index contributed by atoms with van der Waals surface area (Å²) in [4.78, 5) is 71.8. The predicted octanol–water partition coefficient (Wildman–Crippen LogP) is 7.36. The van der Waals surface area contributed by atoms with Gasteiger partial charge < -0.3 is 39.9 Å². The lowest BCUT2D eigenvalue weighted by Crippen LogP contribution is -2.51. The standard InChI is InChI=1S/C45H54N8O6/c1-24(2)38(50-44(56)58-5)42(54)52-19-7-9-34(52)40-46-22-32(48-40)27-13-11-26(12-14-27)30-17-18-31(37-29-16-15-28(21-29)36(30)37)33-23-47-41(49-33)35-10-8-20-53(35)43(55)39(25(3)4)51-45(57)59-6/h11-18,22-25,28-29,34-35,38-39H,7-10,19-21H2,1-6H3,(H,46,48)(H,47,49)(H,50,56)(H,51,57)/t28?,29?,34-,35-,38-,39+/m0/s1. The van der Waals surface area contributed by atoms with Crippen LogP contribution in [0.2, 0.25) is 0 Å². The van der Waals surface area contributed by atoms with E-state index in [2.05, 4.69) is 69.2 Å². The number of nitrogens with one attached hydrogen (secondary N) is 4. The van der Waals surface area contributed by atoms with E-state index in [9.17, 15) is 19.2 Å². The smallest absolute Gasteiger partial charge is 0.407 e. The molecule has 4 heterocycles. The third-order valence-corrected chi connectivity index (χ3v) is 12.6. The van der Waals surface area contributed by atoms with Crippen LogP contribution in [-0.4, -0.2) is 93.1 Å². The van der Waals surface area contributed by atoms with Crippen LogP contribution in [0.3, 0.4) is 0 Å². The van der Waals surface area contributed by atoms with Gasteiger partial charge >= 0.3 is 12.2 Å². The van der Waals surface area contributed by atoms with Crippen LogP contribution in [0.25, 0.3) is 33.6 Å². The van der Waals surface area contributed by atoms with Gasteiger partial charge in [-0.3, -0.25) is 9.59 Å². The number of imidazole rings is 2. The van der Waals surface area contributed by atoms with E-state index in [1.54, 1.807) is 0 Å². The summed E-state index contributed by atoms with van der Waals surface area (Å²) in [6, 6.07) is 11.2. The Labute approximate surface area is 344 Å². The lowest BCUT2D eigenvalue weighted by atomic mass is 9.85. The molecule has 14 nitrogen and oxygen atoms in total. The Morgan fingerprint density at radius 2 is 1.12 bits per heavy atom. The second-order valence-corrected chi connectivity index (χ2v) is 16.9. The molecule has 0 radical (unpaired) electrons. The molecule has 6 atom stereocenters. The quantitative estimate of drug-likeness (QED) is 0.114. The van der Waals surface area contributed by atoms with E-state index in [4.69, 9.17) is 19.4 Å². The average molecular weight is 803 g/mol. The van der Waals surface area contributed by atoms with E-state index in [1.807, 2.05) is 49.9 Å². The van der Waals surface area contributed by atoms with Gasteiger partial charge in [-0.15, -0.1) is 0 Å². The number of ether oxygens (including phenoxy) is 2. The highest BCUT2D eigenvalue weighted by molar-refractivity contribution is 5.87. The maximum atomic E-state index is 13.8. The molecule has 2 unspecified atom stereocenters. The summed E-state index contributed by atoms with van der Waals surface area (Å²) in [6.07, 6.45) is 11.5. The SMILES string of the molecule is COC(=O)N[C@H](C(=O)N1CCC[C@H]1c1ncc(-c2ccc(-c3ccc(-c4cnc([C@@H]5CCCN5C(=O)[C@H](NC(=O)OC)C(C)C)[nH]4)c4c3C3C=CC4C3)cc2)[nH]1)C(C)C. The van der Waals surface area contributed by atoms with Crippen molar-refractivity contribution < 1.29 is 28.7 Å². The number of aromatic amines is 2. The van der Waals surface area contributed by atoms with Gasteiger partial charge in [-0.2, -0.15) is 0 Å². The third-order valence-electron chi connectivity index (χ3n) is 12.6. The van der Waals surface area contributed by atoms with Gasteiger partial charge in [0.05, 0.1) is 50.1 Å². The highest BCUT2D eigenvalue weighted by Crippen LogP contribution is 2.55. The number of hydrogen-bond donors (Lipinski definition) is 4. The van der Waals surface area contributed by atoms with Crippen molar-refractivity contribution in [2.24, 2.45) is 11.8 Å². The van der Waals surface area contributed by atoms with Crippen LogP contribution in [0.5, 0.6) is 0 Å². The van der Waals surface area contributed by atoms with E-state index >= 15 is 0 Å². The van der Waals surface area contributed by atoms with Gasteiger partial charge in [0.2, 0.25) is 11.8 Å². The first-order valence-corrected chi connectivity index (χ1v) is 20.8. The number of likely N-dealkylation sites (tertiary alicyclic amines) is 2. The number of hydrogen-bond acceptors (Lipinski definition) is 8. The molecular formula is C45H54N8O6. The van der Waals surface area contributed by atoms with Crippen molar-refractivity contribution in [3.05, 3.63) is 83.7 Å². The minimum absolute atomic E-state index is 0.107. The van der Waals surface area contributed by atoms with E-state index in [0.29, 0.717) is 24.9 Å². The summed E-state index contributed by atoms with van der Waals surface area (Å²) in [6.45, 7) is 8.84. The molecule has 0 spiro atoms. The summed E-state index contributed by atoms with van der Waals surface area (Å²) < 4.78 is 9.58. The minimum Gasteiger partial charge on any atom is -0.453 e. The van der Waals surface area contributed by atoms with E-state index in [0.717, 1.165) is 71.8 Å². The zero-order valence-electron chi connectivity index (χ0n) is 34.6. The topological polar surface area (TPSA) is 175 Å². The Kier molecular flexibility index (Phi) is 11.1. The van der Waals surface area contributed by atoms with Crippen LogP contribution in [-0.2, 0) is 19.1 Å². The van der Waals surface area contributed by atoms with Gasteiger partial charge in [-0.05, 0) is 71.8 Å². The third kappa shape index (κ3) is 7.49. The zero-order chi connectivity index (χ0) is 41.5. The Morgan fingerprint density at radius 1 is 0.661 bits per heavy atom. The van der Waals surface area contributed by atoms with Crippen LogP contribution < -0.4 is 10.6 Å². The first-order chi connectivity index (χ1) is 28.5. The molecule has 2 bridgehead atoms. The molecule has 2 aliphatic heterocycles. The van der Waals surface area contributed by atoms with Crippen molar-refractivity contribution in [1.82, 2.24) is 40.4 Å². The molecule has 4 amide bonds. The monoisotopic (exact) mass is 802 g/mol. The van der Waals surface area contributed by atoms with Crippen LogP contribution in [0.15, 0.2) is 60.9 Å². The van der Waals surface area contributed by atoms with Crippen molar-refractivity contribution in [1.29, 1.82) is 0 Å². The lowest BCUT2D eigenvalue weighted by Gasteiger charge is -2.30. The van der Waals surface area contributed by atoms with Crippen LogP contribution >= 0.6 is 0 Å². The summed E-state index contributed by atoms with van der Waals surface area (Å²) in [5, 5.41) is 5.44. The largest absolute Gasteiger partial charge is 0.453 e. The number of methoxy groups -OCH3 is 2. The Balaban J connectivity index is 1.01. The van der Waals surface area contributed by atoms with Crippen molar-refractivity contribution in [2.75, 3.05) is 27.3 Å². The fourth-order valence-corrected chi connectivity index (χ4v) is 9.56. The Hall–Kier alpha value is -5.92. The highest BCUT2D eigenvalue weighted by atomic mass is 16.5. The van der Waals surface area contributed by atoms with E-state index in [1.165, 1.54) is 30.9 Å². The molecule has 2 aromatic carbocycles. The normalized spacial score (nSPS) is 21.6. The number of fused-ring (bicyclic) bond motifs is 5. The molecule has 8 rings (SSSR count). The highest BCUT2D eigenvalue weighted by Gasteiger charge is 2.40. The number of benzene rings is 2. The average Bonchev–Trinajstić information content (AvgIpc) is 4.10. The number of rotatable bonds is 11. The molecule has 2 saturated heterocycles. The van der Waals surface area contributed by atoms with Crippen molar-refractivity contribution in [3.63, 3.8) is 0 Å². The minimum atomic E-state index is -0.691. The van der Waals surface area contributed by atoms with Gasteiger partial charge in [0, 0.05) is 30.5 Å². The van der Waals surface area contributed by atoms with Crippen LogP contribution in [0.1, 0.15) is 106 Å². The van der Waals surface area contributed by atoms with Crippen molar-refractivity contribution >= 4 is 24.0 Å². The maximum Gasteiger partial charge on any atom is 0.407 e. The summed E-state index contributed by atoms with van der Waals surface area (Å²) in [7, 11) is 2.60. The number of carbonyl (C=O) groups is 4. The number of allylic oxidation sites excluding steroid dienone is 2. The molecule has 2 aromatic heterocycles. The first kappa shape index (κ1) is 39.9. The molecule has 14 heteroatoms. The lowest BCUT2D eigenvalue weighted by molar-refractivity contribution is -0.136. The van der Waals surface area contributed by atoms with Crippen LogP contribution in [0.4, 0.5) is 9.59 Å². The van der Waals surface area contributed by atoms with Crippen molar-refractivity contribution in [3.8, 4) is 33.6 Å². The van der Waals surface area contributed by atoms with E-state index in [-0.39, 0.29) is 35.7 Å². The number of alkyl carbamates (subject to hydrolysis) is 2. The molecule has 2 aliphatic carbocycles. The fraction of sp³-hybridized carbons (Fsp3) is 0.467. The molecule has 0 saturated carbocycles. The molecule has 310 valence electrons. The van der Waals surface area contributed by atoms with Gasteiger partial charge in [-0.1, -0.05) is 76.2 Å². The number of aromatic nitrogens is 4. The maximum absolute atomic E-state index is 13.8. The predicted molar refractivity (Wildman–Crippen MR) is 222 cm³/mol. The summed E-state index contributed by atoms with van der Waals surface area (Å²) in [5.41, 5.74) is 8.95. The summed E-state index contributed by atoms with van der Waals surface area (Å²) >= 11 is 0. The Morgan fingerprint density at radius 3 is 1.63 bits per heavy atom. The zero-order valence-corrected chi connectivity index (χ0v) is 34.6. The van der Waals surface area contributed by atoms with Crippen molar-refractivity contribution in [2.45, 2.75) is 95.8 Å². The number of carbonyl (C=O) groups excluding carboxylic acids is 4. The Bertz CT molecular complexity index is 2260. The van der Waals surface area contributed by atoms with Gasteiger partial charge in [0.25, 0.3) is 0 Å². The number of H-pyrrole nitrogens is 2. The van der Waals surface area contributed by atoms with Gasteiger partial charge in [-0.25, -0.2) is 19.6 Å². The summed E-state index contributed by atoms with van der Waals surface area (Å²) in [5.74, 6) is 1.65. The molecule has 2 fully saturated rings. The second-order valence-electron chi connectivity index (χ2n) is 16.9. The molecule has 4 N–H and O–H groups in total. The molecular weight excluding hydrogens is 749 g/mol. The second kappa shape index (κ2) is 16.4. The number of amides is 4. The first-order valence-electron chi connectivity index (χ1n) is 20.8. The van der Waals surface area contributed by atoms with E-state index < -0.39 is 24.3 Å². The number of nitrogens with zero attached hydrogens (tertiary/aromatic N) is 4. The molecule has 59 heavy (non-hydrogen) atoms. The van der Waals surface area contributed by atoms with Gasteiger partial charge in [0.1, 0.15) is 23.7 Å². The van der Waals surface area contributed by atoms with Crippen LogP contribution in [0, 0.1) is 11.8 Å².